The maximum atomic E-state index is 13.5. The quantitative estimate of drug-likeness (QED) is 0.165. The Morgan fingerprint density at radius 3 is 2.34 bits per heavy atom. The number of unbranched alkanes of at least 4 members (excludes halogenated alkanes) is 1. The minimum atomic E-state index is -3.08. The molecule has 0 amide bonds. The van der Waals surface area contributed by atoms with Crippen LogP contribution in [0.25, 0.3) is 0 Å². The highest BCUT2D eigenvalue weighted by Crippen LogP contribution is 2.35. The van der Waals surface area contributed by atoms with Crippen LogP contribution in [-0.4, -0.2) is 31.6 Å². The van der Waals surface area contributed by atoms with Crippen LogP contribution in [0.1, 0.15) is 68.4 Å². The Kier molecular flexibility index (Phi) is 9.46. The van der Waals surface area contributed by atoms with Crippen molar-refractivity contribution in [3.63, 3.8) is 0 Å². The minimum absolute atomic E-state index is 0.00278. The third-order valence-corrected chi connectivity index (χ3v) is 3.65. The van der Waals surface area contributed by atoms with Gasteiger partial charge in [0, 0.05) is 5.56 Å². The molecule has 0 atom stereocenters. The summed E-state index contributed by atoms with van der Waals surface area (Å²) >= 11 is 0. The van der Waals surface area contributed by atoms with E-state index in [9.17, 15) is 27.0 Å². The molecule has 5 nitrogen and oxygen atoms in total. The van der Waals surface area contributed by atoms with Crippen molar-refractivity contribution in [3.8, 4) is 5.75 Å². The van der Waals surface area contributed by atoms with Crippen LogP contribution in [-0.2, 0) is 15.9 Å². The third kappa shape index (κ3) is 8.33. The number of carbonyl (C=O) groups is 2. The largest absolute Gasteiger partial charge is 0.538 e. The molecule has 0 bridgehead atoms. The average Bonchev–Trinajstić information content (AvgIpc) is 2.58. The molecule has 162 valence electrons. The summed E-state index contributed by atoms with van der Waals surface area (Å²) < 4.78 is 67.4. The lowest BCUT2D eigenvalue weighted by Crippen LogP contribution is -2.27. The number of hydrogen-bond acceptors (Lipinski definition) is 5. The van der Waals surface area contributed by atoms with Crippen molar-refractivity contribution in [2.75, 3.05) is 6.61 Å². The van der Waals surface area contributed by atoms with Crippen molar-refractivity contribution >= 4 is 19.4 Å². The van der Waals surface area contributed by atoms with E-state index in [1.807, 2.05) is 6.92 Å². The topological polar surface area (TPSA) is 61.8 Å². The molecule has 0 aliphatic heterocycles. The molecule has 0 aliphatic rings. The lowest BCUT2D eigenvalue weighted by Gasteiger charge is -2.21. The van der Waals surface area contributed by atoms with E-state index < -0.39 is 54.6 Å². The predicted octanol–water partition coefficient (Wildman–Crippen LogP) is 5.86. The second-order valence-electron chi connectivity index (χ2n) is 7.30. The summed E-state index contributed by atoms with van der Waals surface area (Å²) in [7, 11) is -2.67. The number of rotatable bonds is 9. The first-order valence-electron chi connectivity index (χ1n) is 9.26. The van der Waals surface area contributed by atoms with Gasteiger partial charge >= 0.3 is 19.4 Å². The molecule has 1 aromatic carbocycles. The Labute approximate surface area is 167 Å². The standard InChI is InChI=1S/C19H25BF4O5/c1-5-6-11-27-17(25)14-13(16(21)22)8-7-12(9-10-20(23)24)15(14)28-18(26)29-19(2,3)4/h7-8,16H,5-6,9-11H2,1-4H3. The number of halogens is 4. The third-order valence-electron chi connectivity index (χ3n) is 3.65. The Balaban J connectivity index is 3.41. The summed E-state index contributed by atoms with van der Waals surface area (Å²) in [5, 5.41) is 0. The molecular weight excluding hydrogens is 395 g/mol. The highest BCUT2D eigenvalue weighted by molar-refractivity contribution is 6.42. The zero-order valence-electron chi connectivity index (χ0n) is 16.9. The first-order valence-corrected chi connectivity index (χ1v) is 9.26. The molecule has 0 saturated carbocycles. The summed E-state index contributed by atoms with van der Waals surface area (Å²) in [5.41, 5.74) is -2.33. The van der Waals surface area contributed by atoms with Gasteiger partial charge in [0.1, 0.15) is 11.2 Å². The lowest BCUT2D eigenvalue weighted by molar-refractivity contribution is 0.0198. The van der Waals surface area contributed by atoms with Crippen molar-refractivity contribution in [1.29, 1.82) is 0 Å². The van der Waals surface area contributed by atoms with Gasteiger partial charge in [0.25, 0.3) is 6.43 Å². The van der Waals surface area contributed by atoms with Gasteiger partial charge < -0.3 is 14.2 Å². The van der Waals surface area contributed by atoms with Gasteiger partial charge in [0.2, 0.25) is 0 Å². The molecule has 0 aromatic heterocycles. The van der Waals surface area contributed by atoms with Gasteiger partial charge in [-0.1, -0.05) is 25.5 Å². The summed E-state index contributed by atoms with van der Waals surface area (Å²) in [6.45, 7) is 6.50. The van der Waals surface area contributed by atoms with E-state index in [1.165, 1.54) is 0 Å². The SMILES string of the molecule is CCCCOC(=O)c1c(C(F)F)ccc(CCB(F)F)c1OC(=O)OC(C)(C)C. The molecule has 0 N–H and O–H groups in total. The number of benzene rings is 1. The van der Waals surface area contributed by atoms with E-state index in [0.29, 0.717) is 12.8 Å². The summed E-state index contributed by atoms with van der Waals surface area (Å²) in [5.74, 6) is -1.66. The van der Waals surface area contributed by atoms with E-state index in [4.69, 9.17) is 14.2 Å². The van der Waals surface area contributed by atoms with E-state index in [0.717, 1.165) is 12.1 Å². The van der Waals surface area contributed by atoms with Crippen LogP contribution < -0.4 is 4.74 Å². The van der Waals surface area contributed by atoms with Crippen LogP contribution in [0.4, 0.5) is 22.2 Å². The van der Waals surface area contributed by atoms with Crippen LogP contribution >= 0.6 is 0 Å². The fraction of sp³-hybridized carbons (Fsp3) is 0.579. The summed E-state index contributed by atoms with van der Waals surface area (Å²) in [6.07, 6.45) is -4.02. The smallest absolute Gasteiger partial charge is 0.462 e. The van der Waals surface area contributed by atoms with Crippen molar-refractivity contribution in [2.24, 2.45) is 0 Å². The van der Waals surface area contributed by atoms with Crippen LogP contribution in [0, 0.1) is 0 Å². The molecule has 0 radical (unpaired) electrons. The first kappa shape index (κ1) is 24.8. The molecule has 29 heavy (non-hydrogen) atoms. The normalized spacial score (nSPS) is 11.3. The number of hydrogen-bond donors (Lipinski definition) is 0. The van der Waals surface area contributed by atoms with E-state index in [2.05, 4.69) is 0 Å². The maximum absolute atomic E-state index is 13.5. The summed E-state index contributed by atoms with van der Waals surface area (Å²) in [4.78, 5) is 24.6. The van der Waals surface area contributed by atoms with Gasteiger partial charge in [0.15, 0.2) is 5.75 Å². The van der Waals surface area contributed by atoms with E-state index in [-0.39, 0.29) is 18.6 Å². The van der Waals surface area contributed by atoms with Gasteiger partial charge in [-0.05, 0) is 45.5 Å². The highest BCUT2D eigenvalue weighted by Gasteiger charge is 2.30. The molecule has 0 aliphatic carbocycles. The van der Waals surface area contributed by atoms with Gasteiger partial charge in [-0.25, -0.2) is 18.4 Å². The predicted molar refractivity (Wildman–Crippen MR) is 99.9 cm³/mol. The van der Waals surface area contributed by atoms with Gasteiger partial charge in [0.05, 0.1) is 6.61 Å². The first-order chi connectivity index (χ1) is 13.5. The Morgan fingerprint density at radius 1 is 1.17 bits per heavy atom. The highest BCUT2D eigenvalue weighted by atomic mass is 19.3. The maximum Gasteiger partial charge on any atom is 0.538 e. The van der Waals surface area contributed by atoms with Crippen LogP contribution in [0.15, 0.2) is 12.1 Å². The van der Waals surface area contributed by atoms with Crippen LogP contribution in [0.5, 0.6) is 5.75 Å². The van der Waals surface area contributed by atoms with E-state index >= 15 is 0 Å². The zero-order chi connectivity index (χ0) is 22.2. The fourth-order valence-electron chi connectivity index (χ4n) is 2.35. The molecule has 1 rings (SSSR count). The number of esters is 1. The molecule has 0 fully saturated rings. The molecule has 0 saturated heterocycles. The second-order valence-corrected chi connectivity index (χ2v) is 7.30. The Hall–Kier alpha value is -2.26. The Morgan fingerprint density at radius 2 is 1.83 bits per heavy atom. The van der Waals surface area contributed by atoms with Crippen molar-refractivity contribution < 1.29 is 41.2 Å². The monoisotopic (exact) mass is 420 g/mol. The van der Waals surface area contributed by atoms with Gasteiger partial charge in [-0.3, -0.25) is 8.63 Å². The molecular formula is C19H25BF4O5. The second kappa shape index (κ2) is 11.1. The van der Waals surface area contributed by atoms with Gasteiger partial charge in [-0.15, -0.1) is 0 Å². The number of ether oxygens (including phenoxy) is 3. The van der Waals surface area contributed by atoms with E-state index in [1.54, 1.807) is 20.8 Å². The number of carbonyl (C=O) groups excluding carboxylic acids is 2. The molecule has 0 spiro atoms. The minimum Gasteiger partial charge on any atom is -0.462 e. The van der Waals surface area contributed by atoms with Crippen LogP contribution in [0.3, 0.4) is 0 Å². The van der Waals surface area contributed by atoms with Crippen molar-refractivity contribution in [2.45, 2.75) is 65.3 Å². The molecule has 0 unspecified atom stereocenters. The molecule has 10 heteroatoms. The summed E-state index contributed by atoms with van der Waals surface area (Å²) in [6, 6.07) is 2.08. The number of alkyl halides is 2. The zero-order valence-corrected chi connectivity index (χ0v) is 16.9. The fourth-order valence-corrected chi connectivity index (χ4v) is 2.35. The van der Waals surface area contributed by atoms with Crippen molar-refractivity contribution in [1.82, 2.24) is 0 Å². The van der Waals surface area contributed by atoms with Crippen molar-refractivity contribution in [3.05, 3.63) is 28.8 Å². The number of aryl methyl sites for hydroxylation is 1. The molecule has 0 heterocycles. The molecule has 1 aromatic rings. The van der Waals surface area contributed by atoms with Gasteiger partial charge in [-0.2, -0.15) is 0 Å². The average molecular weight is 420 g/mol. The lowest BCUT2D eigenvalue weighted by atomic mass is 9.87. The Bertz CT molecular complexity index is 705. The van der Waals surface area contributed by atoms with Crippen LogP contribution in [0.2, 0.25) is 6.32 Å².